The van der Waals surface area contributed by atoms with Crippen molar-refractivity contribution in [3.63, 3.8) is 0 Å². The van der Waals surface area contributed by atoms with Crippen molar-refractivity contribution in [1.29, 1.82) is 0 Å². The lowest BCUT2D eigenvalue weighted by Crippen LogP contribution is -2.52. The van der Waals surface area contributed by atoms with Gasteiger partial charge in [0.15, 0.2) is 5.60 Å². The molecule has 6 heteroatoms. The molecule has 0 rings (SSSR count). The number of aliphatic hydroxyl groups is 1. The number of halogens is 3. The lowest BCUT2D eigenvalue weighted by molar-refractivity contribution is -0.258. The molecule has 1 unspecified atom stereocenters. The first kappa shape index (κ1) is 12.7. The molecule has 0 spiro atoms. The number of alkyl halides is 3. The van der Waals surface area contributed by atoms with Gasteiger partial charge in [0, 0.05) is 13.1 Å². The van der Waals surface area contributed by atoms with Crippen LogP contribution in [0.4, 0.5) is 13.2 Å². The van der Waals surface area contributed by atoms with E-state index in [1.807, 2.05) is 0 Å². The Morgan fingerprint density at radius 1 is 1.31 bits per heavy atom. The fraction of sp³-hybridized carbons (Fsp3) is 1.00. The highest BCUT2D eigenvalue weighted by Crippen LogP contribution is 2.32. The molecule has 0 aromatic heterocycles. The van der Waals surface area contributed by atoms with Gasteiger partial charge >= 0.3 is 6.18 Å². The molecule has 80 valence electrons. The Labute approximate surface area is 75.3 Å². The van der Waals surface area contributed by atoms with Gasteiger partial charge in [-0.2, -0.15) is 13.2 Å². The van der Waals surface area contributed by atoms with Gasteiger partial charge in [-0.05, 0) is 20.5 Å². The summed E-state index contributed by atoms with van der Waals surface area (Å²) in [4.78, 5) is 1.56. The summed E-state index contributed by atoms with van der Waals surface area (Å²) < 4.78 is 36.6. The Hall–Kier alpha value is -0.330. The van der Waals surface area contributed by atoms with Crippen LogP contribution in [-0.4, -0.2) is 49.0 Å². The molecule has 0 aromatic rings. The highest BCUT2D eigenvalue weighted by Gasteiger charge is 2.52. The zero-order valence-corrected chi connectivity index (χ0v) is 7.73. The minimum absolute atomic E-state index is 0.146. The highest BCUT2D eigenvalue weighted by atomic mass is 19.4. The van der Waals surface area contributed by atoms with Crippen LogP contribution in [0.15, 0.2) is 0 Å². The van der Waals surface area contributed by atoms with Crippen molar-refractivity contribution in [1.82, 2.24) is 4.90 Å². The van der Waals surface area contributed by atoms with Crippen LogP contribution in [0.2, 0.25) is 0 Å². The molecule has 0 aliphatic rings. The van der Waals surface area contributed by atoms with Gasteiger partial charge in [-0.1, -0.05) is 0 Å². The number of nitrogens with two attached hydrogens (primary N) is 1. The standard InChI is InChI=1S/C7H15F3N2O/c1-12(2)4-3-6(13,5-11)7(8,9)10/h13H,3-5,11H2,1-2H3. The topological polar surface area (TPSA) is 49.5 Å². The van der Waals surface area contributed by atoms with E-state index in [2.05, 4.69) is 0 Å². The molecular weight excluding hydrogens is 185 g/mol. The lowest BCUT2D eigenvalue weighted by atomic mass is 9.99. The first-order valence-electron chi connectivity index (χ1n) is 3.87. The van der Waals surface area contributed by atoms with Crippen LogP contribution in [0.1, 0.15) is 6.42 Å². The average Bonchev–Trinajstić information content (AvgIpc) is 1.98. The lowest BCUT2D eigenvalue weighted by Gasteiger charge is -2.30. The Bertz CT molecular complexity index is 160. The Morgan fingerprint density at radius 3 is 2.00 bits per heavy atom. The SMILES string of the molecule is CN(C)CCC(O)(CN)C(F)(F)F. The zero-order valence-electron chi connectivity index (χ0n) is 7.73. The molecule has 3 nitrogen and oxygen atoms in total. The molecule has 1 atom stereocenters. The fourth-order valence-corrected chi connectivity index (χ4v) is 0.768. The Morgan fingerprint density at radius 2 is 1.77 bits per heavy atom. The molecule has 0 heterocycles. The molecule has 0 radical (unpaired) electrons. The summed E-state index contributed by atoms with van der Waals surface area (Å²) in [6.07, 6.45) is -5.06. The van der Waals surface area contributed by atoms with Crippen molar-refractivity contribution in [2.75, 3.05) is 27.2 Å². The van der Waals surface area contributed by atoms with Gasteiger partial charge in [0.1, 0.15) is 0 Å². The quantitative estimate of drug-likeness (QED) is 0.681. The van der Waals surface area contributed by atoms with E-state index in [4.69, 9.17) is 10.8 Å². The average molecular weight is 200 g/mol. The van der Waals surface area contributed by atoms with Crippen LogP contribution in [0.5, 0.6) is 0 Å². The van der Waals surface area contributed by atoms with Crippen molar-refractivity contribution in [3.8, 4) is 0 Å². The Kier molecular flexibility index (Phi) is 4.15. The molecule has 3 N–H and O–H groups in total. The van der Waals surface area contributed by atoms with Crippen molar-refractivity contribution in [2.45, 2.75) is 18.2 Å². The first-order chi connectivity index (χ1) is 5.73. The van der Waals surface area contributed by atoms with E-state index in [0.717, 1.165) is 0 Å². The maximum atomic E-state index is 12.2. The van der Waals surface area contributed by atoms with Crippen LogP contribution in [0.25, 0.3) is 0 Å². The summed E-state index contributed by atoms with van der Waals surface area (Å²) >= 11 is 0. The van der Waals surface area contributed by atoms with Crippen LogP contribution in [0, 0.1) is 0 Å². The molecule has 0 aliphatic carbocycles. The summed E-state index contributed by atoms with van der Waals surface area (Å²) in [5, 5.41) is 9.13. The maximum absolute atomic E-state index is 12.2. The minimum atomic E-state index is -4.66. The largest absolute Gasteiger partial charge is 0.418 e. The number of rotatable bonds is 4. The van der Waals surface area contributed by atoms with Crippen LogP contribution in [-0.2, 0) is 0 Å². The van der Waals surface area contributed by atoms with E-state index in [0.29, 0.717) is 0 Å². The molecule has 0 saturated carbocycles. The smallest absolute Gasteiger partial charge is 0.379 e. The van der Waals surface area contributed by atoms with Gasteiger partial charge in [-0.15, -0.1) is 0 Å². The first-order valence-corrected chi connectivity index (χ1v) is 3.87. The number of nitrogens with zero attached hydrogens (tertiary/aromatic N) is 1. The number of hydrogen-bond acceptors (Lipinski definition) is 3. The fourth-order valence-electron chi connectivity index (χ4n) is 0.768. The van der Waals surface area contributed by atoms with Gasteiger partial charge in [0.25, 0.3) is 0 Å². The molecule has 0 fully saturated rings. The van der Waals surface area contributed by atoms with E-state index in [-0.39, 0.29) is 6.54 Å². The zero-order chi connectivity index (χ0) is 10.7. The van der Waals surface area contributed by atoms with E-state index in [9.17, 15) is 13.2 Å². The van der Waals surface area contributed by atoms with Crippen LogP contribution >= 0.6 is 0 Å². The monoisotopic (exact) mass is 200 g/mol. The molecule has 0 bridgehead atoms. The molecule has 13 heavy (non-hydrogen) atoms. The minimum Gasteiger partial charge on any atom is -0.379 e. The van der Waals surface area contributed by atoms with Crippen LogP contribution in [0.3, 0.4) is 0 Å². The summed E-state index contributed by atoms with van der Waals surface area (Å²) in [7, 11) is 3.26. The Balaban J connectivity index is 4.29. The third kappa shape index (κ3) is 3.50. The third-order valence-electron chi connectivity index (χ3n) is 1.84. The van der Waals surface area contributed by atoms with Gasteiger partial charge in [-0.25, -0.2) is 0 Å². The van der Waals surface area contributed by atoms with Gasteiger partial charge < -0.3 is 15.7 Å². The highest BCUT2D eigenvalue weighted by molar-refractivity contribution is 4.87. The second-order valence-electron chi connectivity index (χ2n) is 3.29. The van der Waals surface area contributed by atoms with Gasteiger partial charge in [0.05, 0.1) is 0 Å². The third-order valence-corrected chi connectivity index (χ3v) is 1.84. The predicted octanol–water partition coefficient (Wildman–Crippen LogP) is 0.190. The van der Waals surface area contributed by atoms with Crippen LogP contribution < -0.4 is 5.73 Å². The van der Waals surface area contributed by atoms with Gasteiger partial charge in [0.2, 0.25) is 0 Å². The summed E-state index contributed by atoms with van der Waals surface area (Å²) in [6, 6.07) is 0. The van der Waals surface area contributed by atoms with E-state index in [1.54, 1.807) is 19.0 Å². The predicted molar refractivity (Wildman–Crippen MR) is 43.2 cm³/mol. The van der Waals surface area contributed by atoms with E-state index >= 15 is 0 Å². The molecule has 0 aromatic carbocycles. The number of hydrogen-bond donors (Lipinski definition) is 2. The van der Waals surface area contributed by atoms with Crippen molar-refractivity contribution in [3.05, 3.63) is 0 Å². The molecule has 0 amide bonds. The summed E-state index contributed by atoms with van der Waals surface area (Å²) in [5.74, 6) is 0. The van der Waals surface area contributed by atoms with E-state index < -0.39 is 24.7 Å². The summed E-state index contributed by atoms with van der Waals surface area (Å²) in [6.45, 7) is -0.655. The van der Waals surface area contributed by atoms with Gasteiger partial charge in [-0.3, -0.25) is 0 Å². The molecule has 0 aliphatic heterocycles. The second kappa shape index (κ2) is 4.26. The maximum Gasteiger partial charge on any atom is 0.418 e. The molecular formula is C7H15F3N2O. The van der Waals surface area contributed by atoms with Crippen molar-refractivity contribution >= 4 is 0 Å². The van der Waals surface area contributed by atoms with Crippen molar-refractivity contribution < 1.29 is 18.3 Å². The van der Waals surface area contributed by atoms with E-state index in [1.165, 1.54) is 0 Å². The molecule has 0 saturated heterocycles. The normalized spacial score (nSPS) is 17.5. The summed E-state index contributed by atoms with van der Waals surface area (Å²) in [5.41, 5.74) is 2.14. The van der Waals surface area contributed by atoms with Crippen molar-refractivity contribution in [2.24, 2.45) is 5.73 Å². The second-order valence-corrected chi connectivity index (χ2v) is 3.29.